The van der Waals surface area contributed by atoms with E-state index in [0.717, 1.165) is 31.1 Å². The lowest BCUT2D eigenvalue weighted by molar-refractivity contribution is -0.181. The van der Waals surface area contributed by atoms with Gasteiger partial charge in [0.25, 0.3) is 0 Å². The summed E-state index contributed by atoms with van der Waals surface area (Å²) in [6.07, 6.45) is 10.8. The molecule has 4 aliphatic rings. The van der Waals surface area contributed by atoms with Crippen molar-refractivity contribution < 1.29 is 9.90 Å². The van der Waals surface area contributed by atoms with Crippen molar-refractivity contribution in [2.24, 2.45) is 34.0 Å². The van der Waals surface area contributed by atoms with Crippen molar-refractivity contribution in [1.29, 1.82) is 0 Å². The smallest absolute Gasteiger partial charge is 0.309 e. The Bertz CT molecular complexity index is 538. The second kappa shape index (κ2) is 4.39. The summed E-state index contributed by atoms with van der Waals surface area (Å²) < 4.78 is 0. The van der Waals surface area contributed by atoms with Gasteiger partial charge in [0.2, 0.25) is 0 Å². The van der Waals surface area contributed by atoms with E-state index in [2.05, 4.69) is 13.5 Å². The summed E-state index contributed by atoms with van der Waals surface area (Å²) in [6.45, 7) is 8.86. The van der Waals surface area contributed by atoms with E-state index >= 15 is 0 Å². The molecule has 0 aromatic rings. The predicted molar refractivity (Wildman–Crippen MR) is 87.4 cm³/mol. The molecule has 4 saturated carbocycles. The Balaban J connectivity index is 1.75. The average Bonchev–Trinajstić information content (AvgIpc) is 2.68. The Kier molecular flexibility index (Phi) is 2.95. The van der Waals surface area contributed by atoms with Crippen molar-refractivity contribution in [3.63, 3.8) is 0 Å². The molecule has 6 atom stereocenters. The first kappa shape index (κ1) is 14.8. The fraction of sp³-hybridized carbons (Fsp3) is 0.850. The van der Waals surface area contributed by atoms with Crippen molar-refractivity contribution in [2.75, 3.05) is 0 Å². The average molecular weight is 302 g/mol. The second-order valence-electron chi connectivity index (χ2n) is 9.40. The third-order valence-electron chi connectivity index (χ3n) is 8.54. The van der Waals surface area contributed by atoms with Gasteiger partial charge in [0.15, 0.2) is 0 Å². The van der Waals surface area contributed by atoms with Crippen LogP contribution in [0.3, 0.4) is 0 Å². The molecule has 0 saturated heterocycles. The minimum Gasteiger partial charge on any atom is -0.481 e. The van der Waals surface area contributed by atoms with E-state index in [1.807, 2.05) is 6.92 Å². The standard InChI is InChI=1S/C20H30O2/c1-13-11-20-10-7-15-18(2,16(20)6-5-14(13)12-20)8-4-9-19(15,3)17(21)22/h14-16H,1,4-12H2,2-3H3,(H,21,22)/t14-,15+,16+,18+,19+,20+/m0/s1. The molecule has 4 aliphatic carbocycles. The highest BCUT2D eigenvalue weighted by Gasteiger charge is 2.64. The maximum absolute atomic E-state index is 12.0. The van der Waals surface area contributed by atoms with Gasteiger partial charge < -0.3 is 5.11 Å². The van der Waals surface area contributed by atoms with Gasteiger partial charge in [0.05, 0.1) is 5.41 Å². The van der Waals surface area contributed by atoms with Gasteiger partial charge >= 0.3 is 5.97 Å². The summed E-state index contributed by atoms with van der Waals surface area (Å²) in [5, 5.41) is 9.90. The molecule has 4 fully saturated rings. The zero-order valence-corrected chi connectivity index (χ0v) is 14.2. The molecule has 0 aromatic heterocycles. The van der Waals surface area contributed by atoms with Gasteiger partial charge in [-0.2, -0.15) is 0 Å². The monoisotopic (exact) mass is 302 g/mol. The third-order valence-corrected chi connectivity index (χ3v) is 8.54. The molecule has 0 amide bonds. The van der Waals surface area contributed by atoms with Gasteiger partial charge in [0, 0.05) is 0 Å². The number of carboxylic acid groups (broad SMARTS) is 1. The van der Waals surface area contributed by atoms with Crippen LogP contribution in [0, 0.1) is 34.0 Å². The van der Waals surface area contributed by atoms with Gasteiger partial charge in [-0.3, -0.25) is 4.79 Å². The highest BCUT2D eigenvalue weighted by molar-refractivity contribution is 5.75. The molecular formula is C20H30O2. The molecule has 0 radical (unpaired) electrons. The highest BCUT2D eigenvalue weighted by atomic mass is 16.4. The van der Waals surface area contributed by atoms with Crippen LogP contribution >= 0.6 is 0 Å². The van der Waals surface area contributed by atoms with E-state index in [0.29, 0.717) is 11.3 Å². The SMILES string of the molecule is C=C1C[C@@]23CC[C@@H]4[C@@](C)(CCC[C@@]4(C)C(=O)O)[C@H]2CC[C@H]1C3. The van der Waals surface area contributed by atoms with E-state index in [-0.39, 0.29) is 5.41 Å². The fourth-order valence-corrected chi connectivity index (χ4v) is 7.61. The molecule has 122 valence electrons. The van der Waals surface area contributed by atoms with Crippen LogP contribution in [0.15, 0.2) is 12.2 Å². The van der Waals surface area contributed by atoms with E-state index in [9.17, 15) is 9.90 Å². The Morgan fingerprint density at radius 3 is 2.64 bits per heavy atom. The summed E-state index contributed by atoms with van der Waals surface area (Å²) in [6, 6.07) is 0. The summed E-state index contributed by atoms with van der Waals surface area (Å²) in [7, 11) is 0. The van der Waals surface area contributed by atoms with Crippen molar-refractivity contribution in [1.82, 2.24) is 0 Å². The number of aliphatic carboxylic acids is 1. The number of carbonyl (C=O) groups is 1. The number of hydrogen-bond acceptors (Lipinski definition) is 1. The Morgan fingerprint density at radius 2 is 1.91 bits per heavy atom. The number of hydrogen-bond donors (Lipinski definition) is 1. The molecule has 0 aliphatic heterocycles. The normalized spacial score (nSPS) is 53.7. The van der Waals surface area contributed by atoms with Crippen molar-refractivity contribution in [2.45, 2.75) is 71.6 Å². The Labute approximate surface area is 134 Å². The van der Waals surface area contributed by atoms with Crippen LogP contribution in [0.25, 0.3) is 0 Å². The lowest BCUT2D eigenvalue weighted by atomic mass is 9.41. The number of rotatable bonds is 1. The lowest BCUT2D eigenvalue weighted by Crippen LogP contribution is -2.58. The summed E-state index contributed by atoms with van der Waals surface area (Å²) in [5.41, 5.74) is 1.71. The maximum atomic E-state index is 12.0. The molecule has 1 spiro atoms. The zero-order chi connectivity index (χ0) is 15.8. The number of fused-ring (bicyclic) bond motifs is 3. The van der Waals surface area contributed by atoms with Gasteiger partial charge in [0.1, 0.15) is 0 Å². The maximum Gasteiger partial charge on any atom is 0.309 e. The molecule has 0 heterocycles. The van der Waals surface area contributed by atoms with E-state index in [1.54, 1.807) is 0 Å². The van der Waals surface area contributed by atoms with E-state index < -0.39 is 11.4 Å². The molecule has 1 N–H and O–H groups in total. The molecule has 0 unspecified atom stereocenters. The van der Waals surface area contributed by atoms with Gasteiger partial charge in [-0.1, -0.05) is 25.5 Å². The van der Waals surface area contributed by atoms with Crippen LogP contribution in [-0.4, -0.2) is 11.1 Å². The van der Waals surface area contributed by atoms with Crippen LogP contribution in [0.4, 0.5) is 0 Å². The molecule has 4 rings (SSSR count). The van der Waals surface area contributed by atoms with E-state index in [1.165, 1.54) is 44.1 Å². The minimum atomic E-state index is -0.552. The quantitative estimate of drug-likeness (QED) is 0.689. The summed E-state index contributed by atoms with van der Waals surface area (Å²) in [4.78, 5) is 12.0. The molecule has 0 aromatic carbocycles. The predicted octanol–water partition coefficient (Wildman–Crippen LogP) is 5.04. The largest absolute Gasteiger partial charge is 0.481 e. The summed E-state index contributed by atoms with van der Waals surface area (Å²) in [5.74, 6) is 1.32. The molecule has 2 heteroatoms. The van der Waals surface area contributed by atoms with Crippen LogP contribution in [0.2, 0.25) is 0 Å². The topological polar surface area (TPSA) is 37.3 Å². The van der Waals surface area contributed by atoms with Gasteiger partial charge in [-0.15, -0.1) is 0 Å². The first-order chi connectivity index (χ1) is 10.3. The fourth-order valence-electron chi connectivity index (χ4n) is 7.61. The Morgan fingerprint density at radius 1 is 1.14 bits per heavy atom. The van der Waals surface area contributed by atoms with Crippen molar-refractivity contribution >= 4 is 5.97 Å². The van der Waals surface area contributed by atoms with Gasteiger partial charge in [-0.25, -0.2) is 0 Å². The Hall–Kier alpha value is -0.790. The summed E-state index contributed by atoms with van der Waals surface area (Å²) >= 11 is 0. The second-order valence-corrected chi connectivity index (χ2v) is 9.40. The molecular weight excluding hydrogens is 272 g/mol. The van der Waals surface area contributed by atoms with Gasteiger partial charge in [-0.05, 0) is 86.9 Å². The zero-order valence-electron chi connectivity index (χ0n) is 14.2. The number of allylic oxidation sites excluding steroid dienone is 1. The van der Waals surface area contributed by atoms with E-state index in [4.69, 9.17) is 0 Å². The first-order valence-corrected chi connectivity index (χ1v) is 9.23. The number of carboxylic acids is 1. The van der Waals surface area contributed by atoms with Crippen LogP contribution in [0.1, 0.15) is 71.6 Å². The van der Waals surface area contributed by atoms with Crippen LogP contribution in [-0.2, 0) is 4.79 Å². The van der Waals surface area contributed by atoms with Crippen LogP contribution in [0.5, 0.6) is 0 Å². The third kappa shape index (κ3) is 1.65. The molecule has 2 bridgehead atoms. The first-order valence-electron chi connectivity index (χ1n) is 9.23. The van der Waals surface area contributed by atoms with Crippen molar-refractivity contribution in [3.8, 4) is 0 Å². The minimum absolute atomic E-state index is 0.235. The van der Waals surface area contributed by atoms with Crippen molar-refractivity contribution in [3.05, 3.63) is 12.2 Å². The lowest BCUT2D eigenvalue weighted by Gasteiger charge is -2.63. The molecule has 22 heavy (non-hydrogen) atoms. The van der Waals surface area contributed by atoms with Crippen LogP contribution < -0.4 is 0 Å². The highest BCUT2D eigenvalue weighted by Crippen LogP contribution is 2.72. The molecule has 2 nitrogen and oxygen atoms in total.